The van der Waals surface area contributed by atoms with Gasteiger partial charge in [0, 0.05) is 18.3 Å². The third-order valence-corrected chi connectivity index (χ3v) is 2.83. The first-order valence-electron chi connectivity index (χ1n) is 5.68. The summed E-state index contributed by atoms with van der Waals surface area (Å²) in [6.45, 7) is 9.80. The molecule has 1 N–H and O–H groups in total. The van der Waals surface area contributed by atoms with Crippen LogP contribution in [0.4, 0.5) is 5.82 Å². The Morgan fingerprint density at radius 2 is 2.00 bits per heavy atom. The van der Waals surface area contributed by atoms with E-state index in [-0.39, 0.29) is 0 Å². The van der Waals surface area contributed by atoms with Gasteiger partial charge in [0.15, 0.2) is 0 Å². The molecule has 0 saturated carbocycles. The van der Waals surface area contributed by atoms with Crippen LogP contribution in [0.5, 0.6) is 0 Å². The quantitative estimate of drug-likeness (QED) is 0.806. The summed E-state index contributed by atoms with van der Waals surface area (Å²) in [6, 6.07) is 2.02. The summed E-state index contributed by atoms with van der Waals surface area (Å²) in [7, 11) is 0. The number of nitrogens with one attached hydrogen (secondary N) is 1. The van der Waals surface area contributed by atoms with Crippen LogP contribution in [0.25, 0.3) is 0 Å². The molecule has 3 heteroatoms. The fourth-order valence-corrected chi connectivity index (χ4v) is 1.19. The van der Waals surface area contributed by atoms with E-state index in [1.165, 1.54) is 0 Å². The summed E-state index contributed by atoms with van der Waals surface area (Å²) in [6.07, 6.45) is 2.58. The molecule has 1 atom stereocenters. The molecule has 84 valence electrons. The van der Waals surface area contributed by atoms with Crippen LogP contribution in [0, 0.1) is 11.8 Å². The van der Waals surface area contributed by atoms with Crippen LogP contribution in [-0.4, -0.2) is 16.5 Å². The van der Waals surface area contributed by atoms with Gasteiger partial charge in [-0.2, -0.15) is 0 Å². The zero-order valence-electron chi connectivity index (χ0n) is 10.1. The van der Waals surface area contributed by atoms with Crippen LogP contribution in [0.3, 0.4) is 0 Å². The van der Waals surface area contributed by atoms with Crippen LogP contribution >= 0.6 is 0 Å². The maximum atomic E-state index is 4.20. The normalized spacial score (nSPS) is 12.9. The van der Waals surface area contributed by atoms with Gasteiger partial charge in [-0.25, -0.2) is 9.97 Å². The number of aryl methyl sites for hydroxylation is 1. The minimum absolute atomic E-state index is 0.657. The number of hydrogen-bond donors (Lipinski definition) is 1. The van der Waals surface area contributed by atoms with Crippen molar-refractivity contribution in [2.24, 2.45) is 11.8 Å². The van der Waals surface area contributed by atoms with Gasteiger partial charge in [-0.3, -0.25) is 0 Å². The molecule has 1 unspecified atom stereocenters. The van der Waals surface area contributed by atoms with E-state index < -0.39 is 0 Å². The standard InChI is InChI=1S/C12H21N3/c1-5-11-6-12(15-8-14-11)13-7-10(4)9(2)3/h6,8-10H,5,7H2,1-4H3,(H,13,14,15). The van der Waals surface area contributed by atoms with Gasteiger partial charge in [0.25, 0.3) is 0 Å². The Kier molecular flexibility index (Phi) is 4.53. The predicted octanol–water partition coefficient (Wildman–Crippen LogP) is 2.74. The summed E-state index contributed by atoms with van der Waals surface area (Å²) in [5.41, 5.74) is 1.09. The fourth-order valence-electron chi connectivity index (χ4n) is 1.19. The average Bonchev–Trinajstić information content (AvgIpc) is 2.26. The lowest BCUT2D eigenvalue weighted by Gasteiger charge is -2.16. The van der Waals surface area contributed by atoms with Crippen molar-refractivity contribution >= 4 is 5.82 Å². The van der Waals surface area contributed by atoms with E-state index in [2.05, 4.69) is 43.0 Å². The molecule has 1 aromatic heterocycles. The van der Waals surface area contributed by atoms with Crippen LogP contribution < -0.4 is 5.32 Å². The molecule has 1 aromatic rings. The summed E-state index contributed by atoms with van der Waals surface area (Å²) < 4.78 is 0. The number of aromatic nitrogens is 2. The lowest BCUT2D eigenvalue weighted by atomic mass is 9.98. The first kappa shape index (κ1) is 12.0. The Balaban J connectivity index is 2.50. The highest BCUT2D eigenvalue weighted by Crippen LogP contribution is 2.11. The Morgan fingerprint density at radius 1 is 1.27 bits per heavy atom. The molecule has 1 rings (SSSR count). The van der Waals surface area contributed by atoms with Crippen molar-refractivity contribution in [1.82, 2.24) is 9.97 Å². The number of anilines is 1. The van der Waals surface area contributed by atoms with E-state index >= 15 is 0 Å². The number of rotatable bonds is 5. The topological polar surface area (TPSA) is 37.8 Å². The maximum Gasteiger partial charge on any atom is 0.129 e. The monoisotopic (exact) mass is 207 g/mol. The second kappa shape index (κ2) is 5.69. The first-order valence-corrected chi connectivity index (χ1v) is 5.68. The fraction of sp³-hybridized carbons (Fsp3) is 0.667. The van der Waals surface area contributed by atoms with Gasteiger partial charge in [0.1, 0.15) is 12.1 Å². The Morgan fingerprint density at radius 3 is 2.60 bits per heavy atom. The van der Waals surface area contributed by atoms with Crippen LogP contribution in [0.2, 0.25) is 0 Å². The molecule has 0 radical (unpaired) electrons. The molecule has 0 aliphatic heterocycles. The first-order chi connectivity index (χ1) is 7.13. The molecule has 0 saturated heterocycles. The van der Waals surface area contributed by atoms with E-state index in [9.17, 15) is 0 Å². The van der Waals surface area contributed by atoms with Gasteiger partial charge in [-0.1, -0.05) is 27.7 Å². The predicted molar refractivity (Wildman–Crippen MR) is 63.9 cm³/mol. The van der Waals surface area contributed by atoms with E-state index in [4.69, 9.17) is 0 Å². The van der Waals surface area contributed by atoms with Gasteiger partial charge < -0.3 is 5.32 Å². The molecular weight excluding hydrogens is 186 g/mol. The van der Waals surface area contributed by atoms with Gasteiger partial charge in [0.05, 0.1) is 0 Å². The minimum atomic E-state index is 0.657. The van der Waals surface area contributed by atoms with Crippen LogP contribution in [0.1, 0.15) is 33.4 Å². The van der Waals surface area contributed by atoms with Crippen molar-refractivity contribution < 1.29 is 0 Å². The highest BCUT2D eigenvalue weighted by Gasteiger charge is 2.06. The molecule has 0 fully saturated rings. The largest absolute Gasteiger partial charge is 0.370 e. The van der Waals surface area contributed by atoms with Crippen molar-refractivity contribution in [3.05, 3.63) is 18.1 Å². The van der Waals surface area contributed by atoms with E-state index in [1.807, 2.05) is 6.07 Å². The highest BCUT2D eigenvalue weighted by molar-refractivity contribution is 5.34. The van der Waals surface area contributed by atoms with E-state index in [1.54, 1.807) is 6.33 Å². The molecule has 1 heterocycles. The average molecular weight is 207 g/mol. The van der Waals surface area contributed by atoms with Gasteiger partial charge in [-0.15, -0.1) is 0 Å². The summed E-state index contributed by atoms with van der Waals surface area (Å²) in [5.74, 6) is 2.30. The summed E-state index contributed by atoms with van der Waals surface area (Å²) in [4.78, 5) is 8.37. The van der Waals surface area contributed by atoms with Crippen molar-refractivity contribution in [3.63, 3.8) is 0 Å². The lowest BCUT2D eigenvalue weighted by molar-refractivity contribution is 0.439. The lowest BCUT2D eigenvalue weighted by Crippen LogP contribution is -2.17. The summed E-state index contributed by atoms with van der Waals surface area (Å²) >= 11 is 0. The number of hydrogen-bond acceptors (Lipinski definition) is 3. The number of nitrogens with zero attached hydrogens (tertiary/aromatic N) is 2. The molecule has 0 aliphatic rings. The third kappa shape index (κ3) is 3.86. The SMILES string of the molecule is CCc1cc(NCC(C)C(C)C)ncn1. The third-order valence-electron chi connectivity index (χ3n) is 2.83. The molecule has 0 aromatic carbocycles. The second-order valence-electron chi connectivity index (χ2n) is 4.35. The molecule has 3 nitrogen and oxygen atoms in total. The van der Waals surface area contributed by atoms with Crippen molar-refractivity contribution in [3.8, 4) is 0 Å². The maximum absolute atomic E-state index is 4.20. The molecule has 0 aliphatic carbocycles. The van der Waals surface area contributed by atoms with Crippen LogP contribution in [-0.2, 0) is 6.42 Å². The smallest absolute Gasteiger partial charge is 0.129 e. The van der Waals surface area contributed by atoms with Crippen LogP contribution in [0.15, 0.2) is 12.4 Å². The minimum Gasteiger partial charge on any atom is -0.370 e. The van der Waals surface area contributed by atoms with Gasteiger partial charge in [-0.05, 0) is 18.3 Å². The Bertz CT molecular complexity index is 297. The summed E-state index contributed by atoms with van der Waals surface area (Å²) in [5, 5.41) is 3.35. The van der Waals surface area contributed by atoms with Crippen molar-refractivity contribution in [2.75, 3.05) is 11.9 Å². The van der Waals surface area contributed by atoms with Crippen molar-refractivity contribution in [1.29, 1.82) is 0 Å². The molecule has 0 bridgehead atoms. The molecule has 0 spiro atoms. The molecule has 0 amide bonds. The van der Waals surface area contributed by atoms with Gasteiger partial charge >= 0.3 is 0 Å². The van der Waals surface area contributed by atoms with Gasteiger partial charge in [0.2, 0.25) is 0 Å². The Labute approximate surface area is 92.3 Å². The highest BCUT2D eigenvalue weighted by atomic mass is 15.0. The molecular formula is C12H21N3. The van der Waals surface area contributed by atoms with Crippen molar-refractivity contribution in [2.45, 2.75) is 34.1 Å². The van der Waals surface area contributed by atoms with E-state index in [0.717, 1.165) is 24.5 Å². The zero-order valence-corrected chi connectivity index (χ0v) is 10.1. The second-order valence-corrected chi connectivity index (χ2v) is 4.35. The van der Waals surface area contributed by atoms with E-state index in [0.29, 0.717) is 11.8 Å². The molecule has 15 heavy (non-hydrogen) atoms. The Hall–Kier alpha value is -1.12. The zero-order chi connectivity index (χ0) is 11.3.